The van der Waals surface area contributed by atoms with E-state index in [0.717, 1.165) is 31.5 Å². The second kappa shape index (κ2) is 6.62. The van der Waals surface area contributed by atoms with Gasteiger partial charge in [-0.3, -0.25) is 4.79 Å². The summed E-state index contributed by atoms with van der Waals surface area (Å²) in [7, 11) is 0. The molecular weight excluding hydrogens is 236 g/mol. The number of hydrogen-bond donors (Lipinski definition) is 1. The Morgan fingerprint density at radius 2 is 1.82 bits per heavy atom. The third-order valence-electron chi connectivity index (χ3n) is 3.03. The van der Waals surface area contributed by atoms with Crippen molar-refractivity contribution in [1.29, 1.82) is 0 Å². The van der Waals surface area contributed by atoms with Gasteiger partial charge in [-0.25, -0.2) is 0 Å². The molecule has 1 aromatic rings. The van der Waals surface area contributed by atoms with Crippen molar-refractivity contribution in [3.63, 3.8) is 0 Å². The van der Waals surface area contributed by atoms with E-state index < -0.39 is 0 Å². The minimum absolute atomic E-state index is 0. The molecule has 0 radical (unpaired) electrons. The van der Waals surface area contributed by atoms with Crippen LogP contribution in [0.5, 0.6) is 0 Å². The van der Waals surface area contributed by atoms with Gasteiger partial charge in [0.25, 0.3) is 0 Å². The highest BCUT2D eigenvalue weighted by Crippen LogP contribution is 2.10. The zero-order valence-electron chi connectivity index (χ0n) is 9.84. The highest BCUT2D eigenvalue weighted by Gasteiger charge is 2.23. The number of halogens is 1. The summed E-state index contributed by atoms with van der Waals surface area (Å²) in [6, 6.07) is 9.55. The molecule has 2 N–H and O–H groups in total. The van der Waals surface area contributed by atoms with Crippen molar-refractivity contribution < 1.29 is 4.79 Å². The lowest BCUT2D eigenvalue weighted by atomic mass is 10.1. The van der Waals surface area contributed by atoms with Crippen LogP contribution in [0.15, 0.2) is 30.3 Å². The lowest BCUT2D eigenvalue weighted by molar-refractivity contribution is -0.131. The topological polar surface area (TPSA) is 46.3 Å². The third-order valence-corrected chi connectivity index (χ3v) is 3.03. The fourth-order valence-electron chi connectivity index (χ4n) is 2.13. The van der Waals surface area contributed by atoms with E-state index in [-0.39, 0.29) is 24.4 Å². The highest BCUT2D eigenvalue weighted by atomic mass is 35.5. The Morgan fingerprint density at radius 1 is 1.24 bits per heavy atom. The van der Waals surface area contributed by atoms with Crippen molar-refractivity contribution in [3.05, 3.63) is 35.9 Å². The number of hydrogen-bond acceptors (Lipinski definition) is 2. The summed E-state index contributed by atoms with van der Waals surface area (Å²) < 4.78 is 0. The third kappa shape index (κ3) is 3.72. The van der Waals surface area contributed by atoms with Crippen molar-refractivity contribution in [1.82, 2.24) is 4.90 Å². The molecule has 3 nitrogen and oxygen atoms in total. The lowest BCUT2D eigenvalue weighted by Gasteiger charge is -2.20. The van der Waals surface area contributed by atoms with Gasteiger partial charge < -0.3 is 10.6 Å². The summed E-state index contributed by atoms with van der Waals surface area (Å²) in [5.74, 6) is 0.0985. The molecule has 1 aliphatic rings. The standard InChI is InChI=1S/C13H18N2O.ClH/c14-12(10-11-6-2-1-3-7-11)13(16)15-8-4-5-9-15;/h1-3,6-7,12H,4-5,8-10,14H2;1H/t12-;/m1./s1. The number of nitrogens with two attached hydrogens (primary N) is 1. The van der Waals surface area contributed by atoms with E-state index in [1.165, 1.54) is 0 Å². The van der Waals surface area contributed by atoms with Crippen molar-refractivity contribution >= 4 is 18.3 Å². The second-order valence-electron chi connectivity index (χ2n) is 4.33. The summed E-state index contributed by atoms with van der Waals surface area (Å²) >= 11 is 0. The van der Waals surface area contributed by atoms with Crippen molar-refractivity contribution in [2.24, 2.45) is 5.73 Å². The van der Waals surface area contributed by atoms with Crippen LogP contribution in [0.3, 0.4) is 0 Å². The first kappa shape index (κ1) is 14.0. The zero-order chi connectivity index (χ0) is 11.4. The average molecular weight is 255 g/mol. The zero-order valence-corrected chi connectivity index (χ0v) is 10.7. The van der Waals surface area contributed by atoms with Crippen molar-refractivity contribution in [2.75, 3.05) is 13.1 Å². The van der Waals surface area contributed by atoms with Gasteiger partial charge in [-0.2, -0.15) is 0 Å². The Hall–Kier alpha value is -1.06. The molecule has 1 amide bonds. The Labute approximate surface area is 108 Å². The highest BCUT2D eigenvalue weighted by molar-refractivity contribution is 5.85. The largest absolute Gasteiger partial charge is 0.341 e. The van der Waals surface area contributed by atoms with Crippen molar-refractivity contribution in [3.8, 4) is 0 Å². The molecule has 0 bridgehead atoms. The van der Waals surface area contributed by atoms with E-state index in [9.17, 15) is 4.79 Å². The monoisotopic (exact) mass is 254 g/mol. The molecule has 0 unspecified atom stereocenters. The van der Waals surface area contributed by atoms with Crippen LogP contribution in [-0.4, -0.2) is 29.9 Å². The number of likely N-dealkylation sites (tertiary alicyclic amines) is 1. The molecule has 94 valence electrons. The van der Waals surface area contributed by atoms with Crippen LogP contribution in [0.25, 0.3) is 0 Å². The average Bonchev–Trinajstić information content (AvgIpc) is 2.83. The van der Waals surface area contributed by atoms with E-state index in [1.807, 2.05) is 35.2 Å². The summed E-state index contributed by atoms with van der Waals surface area (Å²) in [5.41, 5.74) is 7.07. The predicted molar refractivity (Wildman–Crippen MR) is 71.2 cm³/mol. The number of amides is 1. The maximum absolute atomic E-state index is 12.0. The first-order valence-electron chi connectivity index (χ1n) is 5.85. The van der Waals surface area contributed by atoms with Gasteiger partial charge in [0.1, 0.15) is 0 Å². The molecule has 2 rings (SSSR count). The van der Waals surface area contributed by atoms with E-state index in [0.29, 0.717) is 6.42 Å². The number of rotatable bonds is 3. The van der Waals surface area contributed by atoms with Gasteiger partial charge in [0.15, 0.2) is 0 Å². The molecule has 0 aliphatic carbocycles. The molecule has 1 aliphatic heterocycles. The van der Waals surface area contributed by atoms with Gasteiger partial charge in [-0.05, 0) is 24.8 Å². The predicted octanol–water partition coefficient (Wildman–Crippen LogP) is 1.60. The van der Waals surface area contributed by atoms with Crippen LogP contribution in [0, 0.1) is 0 Å². The molecular formula is C13H19ClN2O. The molecule has 1 aromatic carbocycles. The Morgan fingerprint density at radius 3 is 2.41 bits per heavy atom. The van der Waals surface area contributed by atoms with Crippen LogP contribution in [0.4, 0.5) is 0 Å². The Bertz CT molecular complexity index is 350. The van der Waals surface area contributed by atoms with E-state index in [4.69, 9.17) is 5.73 Å². The Kier molecular flexibility index (Phi) is 5.45. The number of benzene rings is 1. The Balaban J connectivity index is 0.00000144. The summed E-state index contributed by atoms with van der Waals surface area (Å²) in [6.07, 6.45) is 2.86. The van der Waals surface area contributed by atoms with Crippen LogP contribution in [-0.2, 0) is 11.2 Å². The van der Waals surface area contributed by atoms with Gasteiger partial charge in [0.05, 0.1) is 6.04 Å². The van der Waals surface area contributed by atoms with Crippen LogP contribution in [0.1, 0.15) is 18.4 Å². The van der Waals surface area contributed by atoms with Crippen LogP contribution >= 0.6 is 12.4 Å². The molecule has 17 heavy (non-hydrogen) atoms. The van der Waals surface area contributed by atoms with Gasteiger partial charge in [0.2, 0.25) is 5.91 Å². The summed E-state index contributed by atoms with van der Waals surface area (Å²) in [6.45, 7) is 1.75. The second-order valence-corrected chi connectivity index (χ2v) is 4.33. The normalized spacial score (nSPS) is 16.4. The lowest BCUT2D eigenvalue weighted by Crippen LogP contribution is -2.43. The van der Waals surface area contributed by atoms with Gasteiger partial charge in [-0.15, -0.1) is 12.4 Å². The minimum Gasteiger partial charge on any atom is -0.341 e. The van der Waals surface area contributed by atoms with E-state index in [1.54, 1.807) is 0 Å². The smallest absolute Gasteiger partial charge is 0.239 e. The first-order chi connectivity index (χ1) is 7.77. The maximum Gasteiger partial charge on any atom is 0.239 e. The maximum atomic E-state index is 12.0. The first-order valence-corrected chi connectivity index (χ1v) is 5.85. The van der Waals surface area contributed by atoms with E-state index >= 15 is 0 Å². The molecule has 0 aromatic heterocycles. The quantitative estimate of drug-likeness (QED) is 0.891. The molecule has 1 heterocycles. The van der Waals surface area contributed by atoms with Crippen LogP contribution < -0.4 is 5.73 Å². The molecule has 0 spiro atoms. The number of nitrogens with zero attached hydrogens (tertiary/aromatic N) is 1. The van der Waals surface area contributed by atoms with Crippen molar-refractivity contribution in [2.45, 2.75) is 25.3 Å². The minimum atomic E-state index is -0.388. The number of carbonyl (C=O) groups is 1. The van der Waals surface area contributed by atoms with Gasteiger partial charge in [0, 0.05) is 13.1 Å². The summed E-state index contributed by atoms with van der Waals surface area (Å²) in [4.78, 5) is 13.8. The fourth-order valence-corrected chi connectivity index (χ4v) is 2.13. The molecule has 1 saturated heterocycles. The summed E-state index contributed by atoms with van der Waals surface area (Å²) in [5, 5.41) is 0. The van der Waals surface area contributed by atoms with Gasteiger partial charge in [-0.1, -0.05) is 30.3 Å². The molecule has 1 fully saturated rings. The fraction of sp³-hybridized carbons (Fsp3) is 0.462. The van der Waals surface area contributed by atoms with Gasteiger partial charge >= 0.3 is 0 Å². The number of carbonyl (C=O) groups excluding carboxylic acids is 1. The molecule has 4 heteroatoms. The SMILES string of the molecule is Cl.N[C@H](Cc1ccccc1)C(=O)N1CCCC1. The van der Waals surface area contributed by atoms with Crippen LogP contribution in [0.2, 0.25) is 0 Å². The molecule has 1 atom stereocenters. The van der Waals surface area contributed by atoms with E-state index in [2.05, 4.69) is 0 Å². The molecule has 0 saturated carbocycles.